The van der Waals surface area contributed by atoms with Gasteiger partial charge in [0.15, 0.2) is 0 Å². The summed E-state index contributed by atoms with van der Waals surface area (Å²) in [4.78, 5) is 25.0. The fourth-order valence-corrected chi connectivity index (χ4v) is 1.77. The minimum atomic E-state index is -0.418. The number of rotatable bonds is 5. The van der Waals surface area contributed by atoms with Crippen molar-refractivity contribution in [2.45, 2.75) is 26.3 Å². The minimum absolute atomic E-state index is 0.0272. The van der Waals surface area contributed by atoms with Crippen molar-refractivity contribution in [3.8, 4) is 0 Å². The van der Waals surface area contributed by atoms with E-state index >= 15 is 0 Å². The van der Waals surface area contributed by atoms with E-state index in [1.807, 2.05) is 13.8 Å². The molecule has 0 atom stereocenters. The Morgan fingerprint density at radius 1 is 1.26 bits per heavy atom. The Morgan fingerprint density at radius 3 is 2.32 bits per heavy atom. The van der Waals surface area contributed by atoms with Gasteiger partial charge in [-0.3, -0.25) is 9.59 Å². The Hall–Kier alpha value is -1.55. The summed E-state index contributed by atoms with van der Waals surface area (Å²) in [5, 5.41) is 0.631. The van der Waals surface area contributed by atoms with E-state index in [0.29, 0.717) is 5.02 Å². The number of carbonyl (C=O) groups excluding carboxylic acids is 2. The lowest BCUT2D eigenvalue weighted by atomic mass is 10.1. The van der Waals surface area contributed by atoms with Crippen molar-refractivity contribution >= 4 is 23.5 Å². The predicted molar refractivity (Wildman–Crippen MR) is 74.0 cm³/mol. The smallest absolute Gasteiger partial charge is 0.325 e. The summed E-state index contributed by atoms with van der Waals surface area (Å²) in [5.74, 6) is -0.527. The van der Waals surface area contributed by atoms with Crippen LogP contribution >= 0.6 is 11.6 Å². The van der Waals surface area contributed by atoms with E-state index in [4.69, 9.17) is 11.6 Å². The van der Waals surface area contributed by atoms with Gasteiger partial charge in [0.1, 0.15) is 6.54 Å². The van der Waals surface area contributed by atoms with Crippen molar-refractivity contribution in [1.29, 1.82) is 0 Å². The summed E-state index contributed by atoms with van der Waals surface area (Å²) in [5.41, 5.74) is 0.866. The maximum Gasteiger partial charge on any atom is 0.325 e. The molecule has 0 aliphatic heterocycles. The van der Waals surface area contributed by atoms with E-state index in [1.54, 1.807) is 24.3 Å². The second-order valence-electron chi connectivity index (χ2n) is 4.49. The zero-order valence-electron chi connectivity index (χ0n) is 11.4. The van der Waals surface area contributed by atoms with Crippen molar-refractivity contribution in [3.05, 3.63) is 34.9 Å². The van der Waals surface area contributed by atoms with Gasteiger partial charge in [0.05, 0.1) is 13.5 Å². The summed E-state index contributed by atoms with van der Waals surface area (Å²) in [7, 11) is 1.31. The second-order valence-corrected chi connectivity index (χ2v) is 4.93. The predicted octanol–water partition coefficient (Wildman–Crippen LogP) is 2.29. The molecular weight excluding hydrogens is 266 g/mol. The molecule has 0 spiro atoms. The molecule has 1 rings (SSSR count). The summed E-state index contributed by atoms with van der Waals surface area (Å²) in [6.45, 7) is 3.70. The Labute approximate surface area is 118 Å². The minimum Gasteiger partial charge on any atom is -0.468 e. The van der Waals surface area contributed by atoms with E-state index in [0.717, 1.165) is 5.56 Å². The van der Waals surface area contributed by atoms with E-state index in [9.17, 15) is 9.59 Å². The number of halogens is 1. The first-order valence-corrected chi connectivity index (χ1v) is 6.42. The number of amides is 1. The normalized spacial score (nSPS) is 10.4. The zero-order chi connectivity index (χ0) is 14.4. The fraction of sp³-hybridized carbons (Fsp3) is 0.429. The van der Waals surface area contributed by atoms with Gasteiger partial charge in [-0.2, -0.15) is 0 Å². The lowest BCUT2D eigenvalue weighted by molar-refractivity contribution is -0.148. The molecule has 0 aliphatic carbocycles. The lowest BCUT2D eigenvalue weighted by Gasteiger charge is -2.25. The van der Waals surface area contributed by atoms with Gasteiger partial charge in [-0.1, -0.05) is 23.7 Å². The molecule has 0 N–H and O–H groups in total. The molecule has 0 saturated carbocycles. The monoisotopic (exact) mass is 283 g/mol. The van der Waals surface area contributed by atoms with Gasteiger partial charge in [-0.15, -0.1) is 0 Å². The van der Waals surface area contributed by atoms with Crippen molar-refractivity contribution < 1.29 is 14.3 Å². The number of benzene rings is 1. The van der Waals surface area contributed by atoms with Crippen LogP contribution in [0.15, 0.2) is 24.3 Å². The molecular formula is C14H18ClNO3. The summed E-state index contributed by atoms with van der Waals surface area (Å²) in [6.07, 6.45) is 0.242. The lowest BCUT2D eigenvalue weighted by Crippen LogP contribution is -2.41. The molecule has 0 bridgehead atoms. The number of hydrogen-bond acceptors (Lipinski definition) is 3. The number of ether oxygens (including phenoxy) is 1. The molecule has 0 fully saturated rings. The van der Waals surface area contributed by atoms with Crippen molar-refractivity contribution in [3.63, 3.8) is 0 Å². The molecule has 4 nitrogen and oxygen atoms in total. The zero-order valence-corrected chi connectivity index (χ0v) is 12.1. The Morgan fingerprint density at radius 2 is 1.84 bits per heavy atom. The molecule has 0 aromatic heterocycles. The molecule has 1 aromatic rings. The Balaban J connectivity index is 2.71. The van der Waals surface area contributed by atoms with Gasteiger partial charge in [-0.05, 0) is 31.5 Å². The largest absolute Gasteiger partial charge is 0.468 e. The topological polar surface area (TPSA) is 46.6 Å². The van der Waals surface area contributed by atoms with Gasteiger partial charge >= 0.3 is 5.97 Å². The highest BCUT2D eigenvalue weighted by Gasteiger charge is 2.20. The average Bonchev–Trinajstić information content (AvgIpc) is 2.37. The first-order chi connectivity index (χ1) is 8.93. The highest BCUT2D eigenvalue weighted by atomic mass is 35.5. The number of carbonyl (C=O) groups is 2. The van der Waals surface area contributed by atoms with Gasteiger partial charge in [0, 0.05) is 11.1 Å². The van der Waals surface area contributed by atoms with Crippen LogP contribution in [0, 0.1) is 0 Å². The van der Waals surface area contributed by atoms with Crippen molar-refractivity contribution in [2.75, 3.05) is 13.7 Å². The van der Waals surface area contributed by atoms with E-state index in [-0.39, 0.29) is 24.9 Å². The molecule has 0 aliphatic rings. The van der Waals surface area contributed by atoms with E-state index in [1.165, 1.54) is 12.0 Å². The van der Waals surface area contributed by atoms with Crippen LogP contribution in [0.5, 0.6) is 0 Å². The fourth-order valence-electron chi connectivity index (χ4n) is 1.64. The van der Waals surface area contributed by atoms with Crippen molar-refractivity contribution in [2.24, 2.45) is 0 Å². The third-order valence-corrected chi connectivity index (χ3v) is 2.99. The van der Waals surface area contributed by atoms with Crippen LogP contribution < -0.4 is 0 Å². The molecule has 0 heterocycles. The van der Waals surface area contributed by atoms with Crippen LogP contribution in [0.3, 0.4) is 0 Å². The first kappa shape index (κ1) is 15.5. The molecule has 1 aromatic carbocycles. The summed E-state index contributed by atoms with van der Waals surface area (Å²) < 4.78 is 4.60. The first-order valence-electron chi connectivity index (χ1n) is 6.04. The van der Waals surface area contributed by atoms with Crippen LogP contribution in [0.4, 0.5) is 0 Å². The molecule has 0 unspecified atom stereocenters. The molecule has 0 saturated heterocycles. The van der Waals surface area contributed by atoms with Crippen LogP contribution in [-0.4, -0.2) is 36.5 Å². The quantitative estimate of drug-likeness (QED) is 0.779. The Bertz CT molecular complexity index is 443. The standard InChI is InChI=1S/C14H18ClNO3/c1-10(2)16(9-14(18)19-3)13(17)8-11-4-6-12(15)7-5-11/h4-7,10H,8-9H2,1-3H3. The molecule has 0 radical (unpaired) electrons. The number of esters is 1. The highest BCUT2D eigenvalue weighted by molar-refractivity contribution is 6.30. The van der Waals surface area contributed by atoms with Crippen LogP contribution in [0.1, 0.15) is 19.4 Å². The third kappa shape index (κ3) is 4.91. The maximum absolute atomic E-state index is 12.2. The van der Waals surface area contributed by atoms with E-state index < -0.39 is 5.97 Å². The third-order valence-electron chi connectivity index (χ3n) is 2.74. The van der Waals surface area contributed by atoms with E-state index in [2.05, 4.69) is 4.74 Å². The molecule has 19 heavy (non-hydrogen) atoms. The summed E-state index contributed by atoms with van der Waals surface area (Å²) >= 11 is 5.79. The average molecular weight is 284 g/mol. The van der Waals surface area contributed by atoms with Crippen LogP contribution in [0.25, 0.3) is 0 Å². The SMILES string of the molecule is COC(=O)CN(C(=O)Cc1ccc(Cl)cc1)C(C)C. The molecule has 1 amide bonds. The van der Waals surface area contributed by atoms with Gasteiger partial charge in [0.25, 0.3) is 0 Å². The molecule has 5 heteroatoms. The molecule has 104 valence electrons. The summed E-state index contributed by atoms with van der Waals surface area (Å²) in [6, 6.07) is 7.03. The van der Waals surface area contributed by atoms with Gasteiger partial charge in [-0.25, -0.2) is 0 Å². The Kier molecular flexibility index (Phi) is 5.83. The van der Waals surface area contributed by atoms with Crippen LogP contribution in [0.2, 0.25) is 5.02 Å². The second kappa shape index (κ2) is 7.14. The van der Waals surface area contributed by atoms with Crippen LogP contribution in [-0.2, 0) is 20.7 Å². The number of nitrogens with zero attached hydrogens (tertiary/aromatic N) is 1. The highest BCUT2D eigenvalue weighted by Crippen LogP contribution is 2.11. The number of methoxy groups -OCH3 is 1. The maximum atomic E-state index is 12.2. The van der Waals surface area contributed by atoms with Gasteiger partial charge < -0.3 is 9.64 Å². The number of hydrogen-bond donors (Lipinski definition) is 0. The van der Waals surface area contributed by atoms with Crippen molar-refractivity contribution in [1.82, 2.24) is 4.90 Å². The van der Waals surface area contributed by atoms with Gasteiger partial charge in [0.2, 0.25) is 5.91 Å².